The Balaban J connectivity index is 1.46. The lowest BCUT2D eigenvalue weighted by Gasteiger charge is -2.50. The highest BCUT2D eigenvalue weighted by atomic mass is 14.7. The number of hydrogen-bond acceptors (Lipinski definition) is 0. The number of rotatable bonds is 0. The molecule has 0 heterocycles. The molecule has 1 aromatic rings. The van der Waals surface area contributed by atoms with E-state index >= 15 is 0 Å². The summed E-state index contributed by atoms with van der Waals surface area (Å²) in [6, 6.07) is 7.42. The predicted octanol–water partition coefficient (Wildman–Crippen LogP) is 8.72. The van der Waals surface area contributed by atoms with Gasteiger partial charge in [-0.15, -0.1) is 0 Å². The molecule has 0 amide bonds. The first-order valence-electron chi connectivity index (χ1n) is 16.8. The van der Waals surface area contributed by atoms with Gasteiger partial charge in [-0.2, -0.15) is 0 Å². The van der Waals surface area contributed by atoms with E-state index < -0.39 is 0 Å². The summed E-state index contributed by atoms with van der Waals surface area (Å²) < 4.78 is 0. The van der Waals surface area contributed by atoms with E-state index in [2.05, 4.69) is 104 Å². The highest BCUT2D eigenvalue weighted by molar-refractivity contribution is 5.94. The normalized spacial score (nSPS) is 35.5. The van der Waals surface area contributed by atoms with E-state index in [1.807, 2.05) is 0 Å². The lowest BCUT2D eigenvalue weighted by Crippen LogP contribution is -2.50. The van der Waals surface area contributed by atoms with Crippen molar-refractivity contribution in [2.45, 2.75) is 86.5 Å². The van der Waals surface area contributed by atoms with Crippen LogP contribution in [0.4, 0.5) is 0 Å². The van der Waals surface area contributed by atoms with Gasteiger partial charge in [0.15, 0.2) is 0 Å². The molecule has 10 rings (SSSR count). The fraction of sp³-hybridized carbons (Fsp3) is 0.476. The molecule has 9 aliphatic carbocycles. The Morgan fingerprint density at radius 2 is 1.43 bits per heavy atom. The molecule has 0 bridgehead atoms. The van der Waals surface area contributed by atoms with Gasteiger partial charge in [0.1, 0.15) is 0 Å². The van der Waals surface area contributed by atoms with Crippen LogP contribution in [-0.2, 0) is 5.41 Å². The molecule has 0 saturated heterocycles. The highest BCUT2D eigenvalue weighted by Gasteiger charge is 2.63. The average Bonchev–Trinajstić information content (AvgIpc) is 3.35. The zero-order chi connectivity index (χ0) is 28.9. The van der Waals surface area contributed by atoms with Crippen LogP contribution in [0, 0.1) is 39.9 Å². The van der Waals surface area contributed by atoms with Crippen molar-refractivity contribution in [2.24, 2.45) is 39.9 Å². The first kappa shape index (κ1) is 24.6. The summed E-state index contributed by atoms with van der Waals surface area (Å²) in [5.74, 6) is 2.15. The first-order chi connectivity index (χ1) is 19.9. The van der Waals surface area contributed by atoms with Gasteiger partial charge in [0, 0.05) is 22.7 Å². The summed E-state index contributed by atoms with van der Waals surface area (Å²) in [4.78, 5) is 0. The third kappa shape index (κ3) is 2.30. The lowest BCUT2D eigenvalue weighted by molar-refractivity contribution is 0.189. The molecular weight excluding hydrogens is 504 g/mol. The average molecular weight is 549 g/mol. The van der Waals surface area contributed by atoms with Crippen molar-refractivity contribution >= 4 is 11.1 Å². The van der Waals surface area contributed by atoms with E-state index in [-0.39, 0.29) is 21.7 Å². The lowest BCUT2D eigenvalue weighted by atomic mass is 9.53. The topological polar surface area (TPSA) is 0 Å². The van der Waals surface area contributed by atoms with Crippen molar-refractivity contribution in [3.63, 3.8) is 0 Å². The van der Waals surface area contributed by atoms with Crippen molar-refractivity contribution in [3.05, 3.63) is 115 Å². The van der Waals surface area contributed by atoms with Crippen molar-refractivity contribution in [1.82, 2.24) is 0 Å². The summed E-state index contributed by atoms with van der Waals surface area (Å²) in [6.07, 6.45) is 17.6. The summed E-state index contributed by atoms with van der Waals surface area (Å²) in [6.45, 7) is 20.6. The summed E-state index contributed by atoms with van der Waals surface area (Å²) in [7, 11) is 0. The molecule has 1 fully saturated rings. The van der Waals surface area contributed by atoms with Crippen LogP contribution in [0.1, 0.15) is 86.6 Å². The second-order valence-electron chi connectivity index (χ2n) is 17.1. The van der Waals surface area contributed by atoms with Crippen LogP contribution in [0.2, 0.25) is 0 Å². The standard InChI is InChI=1S/C42H44/c1-39(2)23-15-9-13-21-29(23)35-33-25(39)17-11-19-27(33)41(5,6)37(35)32-22-14-10-16-24-30(22)36-34-26(40(24,3)4)18-12-20-28(34)42(7,8)38(36)31(21)32/h9,11-15,17-18,27-28,32,37H,10,16,19-20H2,1-8H3. The van der Waals surface area contributed by atoms with Gasteiger partial charge in [-0.25, -0.2) is 0 Å². The second kappa shape index (κ2) is 6.93. The monoisotopic (exact) mass is 548 g/mol. The minimum Gasteiger partial charge on any atom is -0.0836 e. The molecule has 0 spiro atoms. The highest BCUT2D eigenvalue weighted by Crippen LogP contribution is 2.73. The van der Waals surface area contributed by atoms with Crippen molar-refractivity contribution < 1.29 is 0 Å². The fourth-order valence-electron chi connectivity index (χ4n) is 12.3. The van der Waals surface area contributed by atoms with Crippen LogP contribution >= 0.6 is 0 Å². The van der Waals surface area contributed by atoms with Gasteiger partial charge in [0.25, 0.3) is 0 Å². The third-order valence-corrected chi connectivity index (χ3v) is 14.2. The van der Waals surface area contributed by atoms with Crippen LogP contribution in [0.25, 0.3) is 11.1 Å². The molecule has 0 aliphatic heterocycles. The summed E-state index contributed by atoms with van der Waals surface area (Å²) >= 11 is 0. The van der Waals surface area contributed by atoms with E-state index in [1.54, 1.807) is 77.3 Å². The quantitative estimate of drug-likeness (QED) is 0.304. The fourth-order valence-corrected chi connectivity index (χ4v) is 12.3. The van der Waals surface area contributed by atoms with Crippen molar-refractivity contribution in [1.29, 1.82) is 0 Å². The largest absolute Gasteiger partial charge is 0.0836 e. The summed E-state index contributed by atoms with van der Waals surface area (Å²) in [5.41, 5.74) is 20.7. The van der Waals surface area contributed by atoms with Gasteiger partial charge in [0.05, 0.1) is 0 Å². The second-order valence-corrected chi connectivity index (χ2v) is 17.1. The molecule has 4 unspecified atom stereocenters. The van der Waals surface area contributed by atoms with Crippen LogP contribution in [0.3, 0.4) is 0 Å². The minimum absolute atomic E-state index is 0.0280. The molecule has 0 heteroatoms. The van der Waals surface area contributed by atoms with Gasteiger partial charge < -0.3 is 0 Å². The Morgan fingerprint density at radius 3 is 2.19 bits per heavy atom. The maximum atomic E-state index is 2.72. The molecule has 0 nitrogen and oxygen atoms in total. The molecule has 1 saturated carbocycles. The molecular formula is C42H44. The molecule has 42 heavy (non-hydrogen) atoms. The zero-order valence-corrected chi connectivity index (χ0v) is 26.8. The van der Waals surface area contributed by atoms with Crippen LogP contribution in [0.5, 0.6) is 0 Å². The maximum absolute atomic E-state index is 2.72. The number of benzene rings is 1. The van der Waals surface area contributed by atoms with E-state index in [0.717, 1.165) is 0 Å². The zero-order valence-electron chi connectivity index (χ0n) is 26.8. The number of allylic oxidation sites excluding steroid dienone is 14. The minimum atomic E-state index is 0.0280. The molecule has 1 aromatic carbocycles. The van der Waals surface area contributed by atoms with Crippen molar-refractivity contribution in [2.75, 3.05) is 0 Å². The molecule has 0 N–H and O–H groups in total. The summed E-state index contributed by atoms with van der Waals surface area (Å²) in [5, 5.41) is 3.21. The third-order valence-electron chi connectivity index (χ3n) is 14.2. The Morgan fingerprint density at radius 1 is 0.714 bits per heavy atom. The molecule has 0 radical (unpaired) electrons. The van der Waals surface area contributed by atoms with Gasteiger partial charge in [-0.05, 0) is 120 Å². The van der Waals surface area contributed by atoms with Crippen molar-refractivity contribution in [3.8, 4) is 0 Å². The molecule has 0 aromatic heterocycles. The first-order valence-corrected chi connectivity index (χ1v) is 16.8. The van der Waals surface area contributed by atoms with Crippen LogP contribution < -0.4 is 10.4 Å². The SMILES string of the molecule is CC1(C)C2=C3C4=C(C5=c6cccc7c6=C6C8=C(C=CCC8C(C)(C)C6C5C5=CCCC1=C54)C7(C)C)C(C)(C)C3CC=C2. The maximum Gasteiger partial charge on any atom is 0.0176 e. The Bertz CT molecular complexity index is 1970. The van der Waals surface area contributed by atoms with Crippen LogP contribution in [0.15, 0.2) is 98.7 Å². The molecule has 212 valence electrons. The van der Waals surface area contributed by atoms with Crippen LogP contribution in [-0.4, -0.2) is 0 Å². The smallest absolute Gasteiger partial charge is 0.0176 e. The van der Waals surface area contributed by atoms with Gasteiger partial charge in [0.2, 0.25) is 0 Å². The van der Waals surface area contributed by atoms with E-state index in [1.165, 1.54) is 25.7 Å². The van der Waals surface area contributed by atoms with E-state index in [4.69, 9.17) is 0 Å². The van der Waals surface area contributed by atoms with E-state index in [0.29, 0.717) is 23.7 Å². The molecule has 9 aliphatic rings. The Kier molecular flexibility index (Phi) is 4.05. The number of fused-ring (bicyclic) bond motifs is 4. The predicted molar refractivity (Wildman–Crippen MR) is 174 cm³/mol. The van der Waals surface area contributed by atoms with Gasteiger partial charge >= 0.3 is 0 Å². The van der Waals surface area contributed by atoms with Gasteiger partial charge in [-0.3, -0.25) is 0 Å². The van der Waals surface area contributed by atoms with Gasteiger partial charge in [-0.1, -0.05) is 110 Å². The molecule has 4 atom stereocenters. The Hall–Kier alpha value is -2.86. The Labute approximate surface area is 251 Å². The van der Waals surface area contributed by atoms with E-state index in [9.17, 15) is 0 Å². The number of hydrogen-bond donors (Lipinski definition) is 0.